The van der Waals surface area contributed by atoms with E-state index in [1.165, 1.54) is 6.21 Å². The Bertz CT molecular complexity index is 1480. The van der Waals surface area contributed by atoms with Crippen LogP contribution < -0.4 is 5.43 Å². The molecule has 0 bridgehead atoms. The van der Waals surface area contributed by atoms with E-state index in [2.05, 4.69) is 15.6 Å². The number of hydrogen-bond donors (Lipinski definition) is 1. The summed E-state index contributed by atoms with van der Waals surface area (Å²) in [7, 11) is 0. The minimum atomic E-state index is -0.327. The van der Waals surface area contributed by atoms with Gasteiger partial charge in [-0.15, -0.1) is 11.3 Å². The summed E-state index contributed by atoms with van der Waals surface area (Å²) in [6, 6.07) is 22.9. The van der Waals surface area contributed by atoms with Crippen LogP contribution in [-0.2, 0) is 0 Å². The van der Waals surface area contributed by atoms with Crippen LogP contribution in [0.25, 0.3) is 27.2 Å². The Balaban J connectivity index is 1.44. The minimum Gasteiger partial charge on any atom is -0.267 e. The standard InChI is InChI=1S/C25H18ClN5OS/c1-16-20(24(26)31(30-16)17-8-3-2-4-9-17)15-27-29-25(32)19-14-22(23-12-7-13-33-23)28-21-11-6-5-10-18(19)21/h2-15H,1H3,(H,29,32). The van der Waals surface area contributed by atoms with Crippen molar-refractivity contribution in [3.8, 4) is 16.3 Å². The van der Waals surface area contributed by atoms with Crippen LogP contribution in [0.4, 0.5) is 0 Å². The molecule has 3 heterocycles. The van der Waals surface area contributed by atoms with Crippen molar-refractivity contribution in [3.05, 3.63) is 100 Å². The van der Waals surface area contributed by atoms with Crippen molar-refractivity contribution in [1.29, 1.82) is 0 Å². The number of rotatable bonds is 5. The molecule has 0 spiro atoms. The summed E-state index contributed by atoms with van der Waals surface area (Å²) < 4.78 is 1.64. The van der Waals surface area contributed by atoms with Crippen molar-refractivity contribution < 1.29 is 4.79 Å². The molecule has 1 amide bonds. The second kappa shape index (κ2) is 8.97. The molecule has 6 nitrogen and oxygen atoms in total. The van der Waals surface area contributed by atoms with E-state index in [-0.39, 0.29) is 5.91 Å². The smallest absolute Gasteiger partial charge is 0.267 e. The Kier molecular flexibility index (Phi) is 5.73. The third-order valence-electron chi connectivity index (χ3n) is 5.14. The molecule has 0 unspecified atom stereocenters. The number of pyridine rings is 1. The largest absolute Gasteiger partial charge is 0.272 e. The molecule has 0 saturated carbocycles. The zero-order valence-corrected chi connectivity index (χ0v) is 19.1. The number of nitrogens with one attached hydrogen (secondary N) is 1. The highest BCUT2D eigenvalue weighted by Gasteiger charge is 2.15. The van der Waals surface area contributed by atoms with Crippen LogP contribution in [0, 0.1) is 6.92 Å². The molecule has 0 fully saturated rings. The molecule has 1 N–H and O–H groups in total. The Morgan fingerprint density at radius 1 is 1.09 bits per heavy atom. The monoisotopic (exact) mass is 471 g/mol. The molecule has 0 radical (unpaired) electrons. The van der Waals surface area contributed by atoms with Crippen molar-refractivity contribution in [2.24, 2.45) is 5.10 Å². The molecular weight excluding hydrogens is 454 g/mol. The van der Waals surface area contributed by atoms with Crippen molar-refractivity contribution in [2.45, 2.75) is 6.92 Å². The molecule has 5 rings (SSSR count). The second-order valence-electron chi connectivity index (χ2n) is 7.29. The van der Waals surface area contributed by atoms with Gasteiger partial charge in [0.05, 0.1) is 44.8 Å². The number of thiophene rings is 1. The molecule has 2 aromatic carbocycles. The van der Waals surface area contributed by atoms with Gasteiger partial charge in [0.25, 0.3) is 5.91 Å². The Labute approximate surface area is 199 Å². The van der Waals surface area contributed by atoms with Gasteiger partial charge in [0.1, 0.15) is 5.15 Å². The summed E-state index contributed by atoms with van der Waals surface area (Å²) in [6.07, 6.45) is 1.52. The second-order valence-corrected chi connectivity index (χ2v) is 8.59. The van der Waals surface area contributed by atoms with E-state index >= 15 is 0 Å². The van der Waals surface area contributed by atoms with Gasteiger partial charge in [-0.25, -0.2) is 15.1 Å². The van der Waals surface area contributed by atoms with E-state index in [4.69, 9.17) is 16.6 Å². The summed E-state index contributed by atoms with van der Waals surface area (Å²) in [6.45, 7) is 1.85. The van der Waals surface area contributed by atoms with Gasteiger partial charge in [-0.2, -0.15) is 10.2 Å². The number of amides is 1. The third-order valence-corrected chi connectivity index (χ3v) is 6.40. The number of para-hydroxylation sites is 2. The SMILES string of the molecule is Cc1nn(-c2ccccc2)c(Cl)c1C=NNC(=O)c1cc(-c2cccs2)nc2ccccc12. The molecule has 3 aromatic heterocycles. The molecule has 0 aliphatic rings. The van der Waals surface area contributed by atoms with E-state index in [1.807, 2.05) is 79.0 Å². The molecule has 162 valence electrons. The highest BCUT2D eigenvalue weighted by atomic mass is 35.5. The number of aromatic nitrogens is 3. The number of aryl methyl sites for hydroxylation is 1. The minimum absolute atomic E-state index is 0.327. The number of hydrogen-bond acceptors (Lipinski definition) is 5. The first-order chi connectivity index (χ1) is 16.1. The van der Waals surface area contributed by atoms with E-state index in [0.717, 1.165) is 27.2 Å². The number of halogens is 1. The first kappa shape index (κ1) is 21.1. The van der Waals surface area contributed by atoms with Gasteiger partial charge < -0.3 is 0 Å². The Morgan fingerprint density at radius 2 is 1.88 bits per heavy atom. The lowest BCUT2D eigenvalue weighted by atomic mass is 10.1. The summed E-state index contributed by atoms with van der Waals surface area (Å²) >= 11 is 8.12. The first-order valence-corrected chi connectivity index (χ1v) is 11.4. The Hall–Kier alpha value is -3.81. The molecule has 0 saturated heterocycles. The van der Waals surface area contributed by atoms with Crippen LogP contribution in [-0.4, -0.2) is 26.9 Å². The van der Waals surface area contributed by atoms with Gasteiger partial charge in [-0.3, -0.25) is 4.79 Å². The van der Waals surface area contributed by atoms with Crippen LogP contribution in [0.2, 0.25) is 5.15 Å². The summed E-state index contributed by atoms with van der Waals surface area (Å²) in [5.74, 6) is -0.327. The Morgan fingerprint density at radius 3 is 2.67 bits per heavy atom. The summed E-state index contributed by atoms with van der Waals surface area (Å²) in [5.41, 5.74) is 6.82. The zero-order chi connectivity index (χ0) is 22.8. The number of carbonyl (C=O) groups is 1. The fourth-order valence-electron chi connectivity index (χ4n) is 3.53. The highest BCUT2D eigenvalue weighted by Crippen LogP contribution is 2.28. The fraction of sp³-hybridized carbons (Fsp3) is 0.0400. The first-order valence-electron chi connectivity index (χ1n) is 10.2. The number of nitrogens with zero attached hydrogens (tertiary/aromatic N) is 4. The van der Waals surface area contributed by atoms with Crippen molar-refractivity contribution >= 4 is 46.0 Å². The summed E-state index contributed by atoms with van der Waals surface area (Å²) in [4.78, 5) is 18.8. The molecular formula is C25H18ClN5OS. The number of carbonyl (C=O) groups excluding carboxylic acids is 1. The van der Waals surface area contributed by atoms with E-state index in [1.54, 1.807) is 22.1 Å². The molecule has 0 aliphatic carbocycles. The van der Waals surface area contributed by atoms with Crippen LogP contribution in [0.15, 0.2) is 83.3 Å². The third kappa shape index (κ3) is 4.16. The van der Waals surface area contributed by atoms with Gasteiger partial charge in [0, 0.05) is 5.39 Å². The van der Waals surface area contributed by atoms with Crippen LogP contribution in [0.5, 0.6) is 0 Å². The quantitative estimate of drug-likeness (QED) is 0.257. The molecule has 5 aromatic rings. The molecule has 33 heavy (non-hydrogen) atoms. The highest BCUT2D eigenvalue weighted by molar-refractivity contribution is 7.13. The number of hydrazone groups is 1. The topological polar surface area (TPSA) is 72.2 Å². The van der Waals surface area contributed by atoms with Crippen molar-refractivity contribution in [2.75, 3.05) is 0 Å². The average Bonchev–Trinajstić information content (AvgIpc) is 3.48. The maximum Gasteiger partial charge on any atom is 0.272 e. The van der Waals surface area contributed by atoms with Gasteiger partial charge in [-0.1, -0.05) is 54.1 Å². The van der Waals surface area contributed by atoms with E-state index in [9.17, 15) is 4.79 Å². The van der Waals surface area contributed by atoms with Crippen molar-refractivity contribution in [1.82, 2.24) is 20.2 Å². The van der Waals surface area contributed by atoms with E-state index < -0.39 is 0 Å². The van der Waals surface area contributed by atoms with Gasteiger partial charge in [0.2, 0.25) is 0 Å². The van der Waals surface area contributed by atoms with Crippen LogP contribution >= 0.6 is 22.9 Å². The molecule has 0 aliphatic heterocycles. The van der Waals surface area contributed by atoms with Gasteiger partial charge in [-0.05, 0) is 42.6 Å². The molecule has 0 atom stereocenters. The normalized spacial score (nSPS) is 11.3. The fourth-order valence-corrected chi connectivity index (χ4v) is 4.53. The van der Waals surface area contributed by atoms with Crippen molar-refractivity contribution in [3.63, 3.8) is 0 Å². The predicted octanol–water partition coefficient (Wildman–Crippen LogP) is 5.87. The maximum atomic E-state index is 13.1. The maximum absolute atomic E-state index is 13.1. The predicted molar refractivity (Wildman–Crippen MR) is 133 cm³/mol. The lowest BCUT2D eigenvalue weighted by Gasteiger charge is -2.08. The van der Waals surface area contributed by atoms with E-state index in [0.29, 0.717) is 22.0 Å². The lowest BCUT2D eigenvalue weighted by molar-refractivity contribution is 0.0956. The summed E-state index contributed by atoms with van der Waals surface area (Å²) in [5, 5.41) is 11.8. The average molecular weight is 472 g/mol. The lowest BCUT2D eigenvalue weighted by Crippen LogP contribution is -2.18. The van der Waals surface area contributed by atoms with Crippen LogP contribution in [0.3, 0.4) is 0 Å². The van der Waals surface area contributed by atoms with Gasteiger partial charge in [0.15, 0.2) is 0 Å². The number of fused-ring (bicyclic) bond motifs is 1. The van der Waals surface area contributed by atoms with Gasteiger partial charge >= 0.3 is 0 Å². The number of benzene rings is 2. The zero-order valence-electron chi connectivity index (χ0n) is 17.6. The molecule has 8 heteroatoms. The van der Waals surface area contributed by atoms with Crippen LogP contribution in [0.1, 0.15) is 21.6 Å².